The molecule has 0 bridgehead atoms. The molecule has 1 N–H and O–H groups in total. The summed E-state index contributed by atoms with van der Waals surface area (Å²) in [7, 11) is 0. The van der Waals surface area contributed by atoms with Crippen LogP contribution in [-0.4, -0.2) is 10.5 Å². The van der Waals surface area contributed by atoms with Crippen molar-refractivity contribution in [1.82, 2.24) is 4.57 Å². The summed E-state index contributed by atoms with van der Waals surface area (Å²) in [6, 6.07) is 19.7. The molecule has 3 aromatic carbocycles. The van der Waals surface area contributed by atoms with E-state index in [1.54, 1.807) is 0 Å². The van der Waals surface area contributed by atoms with E-state index < -0.39 is 0 Å². The maximum absolute atomic E-state index is 13.1. The van der Waals surface area contributed by atoms with Gasteiger partial charge in [-0.1, -0.05) is 48.0 Å². The molecule has 4 aromatic rings. The second kappa shape index (κ2) is 6.50. The summed E-state index contributed by atoms with van der Waals surface area (Å²) in [6.07, 6.45) is 0. The average Bonchev–Trinajstić information content (AvgIpc) is 2.93. The Balaban J connectivity index is 1.82. The van der Waals surface area contributed by atoms with E-state index in [1.807, 2.05) is 79.1 Å². The average molecular weight is 363 g/mol. The molecule has 0 atom stereocenters. The Morgan fingerprint density at radius 3 is 2.62 bits per heavy atom. The SMILES string of the molecule is CCn1c(C(=O)Nc2cccc3ccccc23)c(C)c2cc(Cl)ccc21. The predicted molar refractivity (Wildman–Crippen MR) is 109 cm³/mol. The first-order valence-electron chi connectivity index (χ1n) is 8.67. The first-order chi connectivity index (χ1) is 12.6. The minimum Gasteiger partial charge on any atom is -0.337 e. The zero-order chi connectivity index (χ0) is 18.3. The van der Waals surface area contributed by atoms with Crippen LogP contribution >= 0.6 is 11.6 Å². The number of carbonyl (C=O) groups is 1. The van der Waals surface area contributed by atoms with Crippen molar-refractivity contribution in [2.75, 3.05) is 5.32 Å². The van der Waals surface area contributed by atoms with E-state index in [9.17, 15) is 4.79 Å². The molecule has 1 heterocycles. The van der Waals surface area contributed by atoms with Crippen molar-refractivity contribution in [2.24, 2.45) is 0 Å². The van der Waals surface area contributed by atoms with Gasteiger partial charge in [-0.15, -0.1) is 0 Å². The molecule has 0 fully saturated rings. The molecule has 26 heavy (non-hydrogen) atoms. The van der Waals surface area contributed by atoms with E-state index in [0.717, 1.165) is 32.9 Å². The van der Waals surface area contributed by atoms with Gasteiger partial charge < -0.3 is 9.88 Å². The van der Waals surface area contributed by atoms with Crippen LogP contribution in [0.4, 0.5) is 5.69 Å². The summed E-state index contributed by atoms with van der Waals surface area (Å²) in [6.45, 7) is 4.73. The largest absolute Gasteiger partial charge is 0.337 e. The van der Waals surface area contributed by atoms with Crippen LogP contribution in [0, 0.1) is 6.92 Å². The molecule has 1 aromatic heterocycles. The number of hydrogen-bond acceptors (Lipinski definition) is 1. The third kappa shape index (κ3) is 2.65. The number of aryl methyl sites for hydroxylation is 2. The van der Waals surface area contributed by atoms with Crippen LogP contribution in [0.15, 0.2) is 60.7 Å². The Hall–Kier alpha value is -2.78. The molecule has 1 amide bonds. The molecule has 4 rings (SSSR count). The summed E-state index contributed by atoms with van der Waals surface area (Å²) < 4.78 is 2.04. The van der Waals surface area contributed by atoms with E-state index in [4.69, 9.17) is 11.6 Å². The number of nitrogens with zero attached hydrogens (tertiary/aromatic N) is 1. The van der Waals surface area contributed by atoms with Crippen molar-refractivity contribution < 1.29 is 4.79 Å². The number of nitrogens with one attached hydrogen (secondary N) is 1. The van der Waals surface area contributed by atoms with Crippen molar-refractivity contribution in [1.29, 1.82) is 0 Å². The van der Waals surface area contributed by atoms with Gasteiger partial charge in [-0.25, -0.2) is 0 Å². The fourth-order valence-electron chi connectivity index (χ4n) is 3.63. The van der Waals surface area contributed by atoms with Gasteiger partial charge in [0, 0.05) is 33.5 Å². The fourth-order valence-corrected chi connectivity index (χ4v) is 3.80. The second-order valence-electron chi connectivity index (χ2n) is 6.36. The molecule has 0 saturated carbocycles. The van der Waals surface area contributed by atoms with Crippen LogP contribution in [0.2, 0.25) is 5.02 Å². The summed E-state index contributed by atoms with van der Waals surface area (Å²) in [5.41, 5.74) is 3.47. The van der Waals surface area contributed by atoms with Gasteiger partial charge in [0.2, 0.25) is 0 Å². The third-order valence-corrected chi connectivity index (χ3v) is 5.08. The van der Waals surface area contributed by atoms with E-state index in [2.05, 4.69) is 5.32 Å². The van der Waals surface area contributed by atoms with Crippen LogP contribution in [0.25, 0.3) is 21.7 Å². The van der Waals surface area contributed by atoms with Gasteiger partial charge in [-0.3, -0.25) is 4.79 Å². The van der Waals surface area contributed by atoms with Gasteiger partial charge in [-0.05, 0) is 49.1 Å². The third-order valence-electron chi connectivity index (χ3n) is 4.85. The molecular formula is C22H19ClN2O. The molecule has 3 nitrogen and oxygen atoms in total. The maximum Gasteiger partial charge on any atom is 0.272 e. The zero-order valence-corrected chi connectivity index (χ0v) is 15.5. The number of amides is 1. The number of aromatic nitrogens is 1. The summed E-state index contributed by atoms with van der Waals surface area (Å²) in [5, 5.41) is 6.92. The van der Waals surface area contributed by atoms with Gasteiger partial charge in [0.1, 0.15) is 5.69 Å². The maximum atomic E-state index is 13.1. The minimum absolute atomic E-state index is 0.104. The normalized spacial score (nSPS) is 11.2. The lowest BCUT2D eigenvalue weighted by atomic mass is 10.1. The van der Waals surface area contributed by atoms with Crippen LogP contribution in [-0.2, 0) is 6.54 Å². The molecule has 0 unspecified atom stereocenters. The molecule has 4 heteroatoms. The summed E-state index contributed by atoms with van der Waals surface area (Å²) in [5.74, 6) is -0.104. The van der Waals surface area contributed by atoms with Crippen molar-refractivity contribution >= 4 is 44.9 Å². The van der Waals surface area contributed by atoms with Crippen molar-refractivity contribution in [2.45, 2.75) is 20.4 Å². The number of rotatable bonds is 3. The number of benzene rings is 3. The molecule has 0 aliphatic carbocycles. The highest BCUT2D eigenvalue weighted by molar-refractivity contribution is 6.31. The summed E-state index contributed by atoms with van der Waals surface area (Å²) >= 11 is 6.16. The monoisotopic (exact) mass is 362 g/mol. The highest BCUT2D eigenvalue weighted by atomic mass is 35.5. The zero-order valence-electron chi connectivity index (χ0n) is 14.7. The lowest BCUT2D eigenvalue weighted by Crippen LogP contribution is -2.18. The number of halogens is 1. The lowest BCUT2D eigenvalue weighted by molar-refractivity contribution is 0.101. The summed E-state index contributed by atoms with van der Waals surface area (Å²) in [4.78, 5) is 13.1. The van der Waals surface area contributed by atoms with Crippen molar-refractivity contribution in [3.05, 3.63) is 76.9 Å². The van der Waals surface area contributed by atoms with E-state index >= 15 is 0 Å². The van der Waals surface area contributed by atoms with E-state index in [-0.39, 0.29) is 5.91 Å². The van der Waals surface area contributed by atoms with Crippen molar-refractivity contribution in [3.63, 3.8) is 0 Å². The number of anilines is 1. The highest BCUT2D eigenvalue weighted by Gasteiger charge is 2.20. The lowest BCUT2D eigenvalue weighted by Gasteiger charge is -2.12. The van der Waals surface area contributed by atoms with Crippen LogP contribution in [0.5, 0.6) is 0 Å². The Morgan fingerprint density at radius 2 is 1.81 bits per heavy atom. The van der Waals surface area contributed by atoms with Gasteiger partial charge in [-0.2, -0.15) is 0 Å². The number of hydrogen-bond donors (Lipinski definition) is 1. The highest BCUT2D eigenvalue weighted by Crippen LogP contribution is 2.30. The smallest absolute Gasteiger partial charge is 0.272 e. The number of carbonyl (C=O) groups excluding carboxylic acids is 1. The molecule has 0 spiro atoms. The van der Waals surface area contributed by atoms with Gasteiger partial charge >= 0.3 is 0 Å². The number of fused-ring (bicyclic) bond motifs is 2. The van der Waals surface area contributed by atoms with E-state index in [1.165, 1.54) is 0 Å². The quantitative estimate of drug-likeness (QED) is 0.474. The molecule has 0 saturated heterocycles. The first-order valence-corrected chi connectivity index (χ1v) is 9.05. The van der Waals surface area contributed by atoms with E-state index in [0.29, 0.717) is 17.3 Å². The predicted octanol–water partition coefficient (Wildman–Crippen LogP) is 6.03. The van der Waals surface area contributed by atoms with Crippen LogP contribution in [0.3, 0.4) is 0 Å². The Labute approximate surface area is 157 Å². The van der Waals surface area contributed by atoms with Crippen LogP contribution in [0.1, 0.15) is 23.0 Å². The Morgan fingerprint density at radius 1 is 1.04 bits per heavy atom. The molecule has 0 aliphatic heterocycles. The Bertz CT molecular complexity index is 1140. The first kappa shape index (κ1) is 16.7. The molecule has 0 radical (unpaired) electrons. The van der Waals surface area contributed by atoms with Crippen molar-refractivity contribution in [3.8, 4) is 0 Å². The van der Waals surface area contributed by atoms with Gasteiger partial charge in [0.15, 0.2) is 0 Å². The second-order valence-corrected chi connectivity index (χ2v) is 6.80. The van der Waals surface area contributed by atoms with Gasteiger partial charge in [0.05, 0.1) is 0 Å². The molecule has 0 aliphatic rings. The minimum atomic E-state index is -0.104. The molecule has 130 valence electrons. The fraction of sp³-hybridized carbons (Fsp3) is 0.136. The standard InChI is InChI=1S/C22H19ClN2O/c1-3-25-20-12-11-16(23)13-18(20)14(2)21(25)22(26)24-19-10-6-8-15-7-4-5-9-17(15)19/h4-13H,3H2,1-2H3,(H,24,26). The topological polar surface area (TPSA) is 34.0 Å². The van der Waals surface area contributed by atoms with Gasteiger partial charge in [0.25, 0.3) is 5.91 Å². The van der Waals surface area contributed by atoms with Crippen LogP contribution < -0.4 is 5.32 Å². The molecular weight excluding hydrogens is 344 g/mol. The Kier molecular flexibility index (Phi) is 4.17.